The highest BCUT2D eigenvalue weighted by Gasteiger charge is 2.38. The van der Waals surface area contributed by atoms with Gasteiger partial charge in [-0.15, -0.1) is 0 Å². The summed E-state index contributed by atoms with van der Waals surface area (Å²) >= 11 is 0. The highest BCUT2D eigenvalue weighted by molar-refractivity contribution is 4.91. The standard InChI is InChI=1S/C13H28N2/c1-5-6-7-12(8-14)15-9-11(10-15)13(2,3)4/h11-12H,5-10,14H2,1-4H3. The van der Waals surface area contributed by atoms with Gasteiger partial charge in [-0.25, -0.2) is 0 Å². The Bertz CT molecular complexity index is 177. The van der Waals surface area contributed by atoms with Gasteiger partial charge in [0, 0.05) is 25.7 Å². The number of likely N-dealkylation sites (tertiary alicyclic amines) is 1. The van der Waals surface area contributed by atoms with Gasteiger partial charge >= 0.3 is 0 Å². The van der Waals surface area contributed by atoms with Crippen LogP contribution >= 0.6 is 0 Å². The fourth-order valence-corrected chi connectivity index (χ4v) is 2.25. The van der Waals surface area contributed by atoms with Gasteiger partial charge in [0.25, 0.3) is 0 Å². The van der Waals surface area contributed by atoms with E-state index in [0.717, 1.165) is 12.5 Å². The van der Waals surface area contributed by atoms with Crippen LogP contribution in [0.25, 0.3) is 0 Å². The Labute approximate surface area is 95.2 Å². The Morgan fingerprint density at radius 3 is 2.33 bits per heavy atom. The fraction of sp³-hybridized carbons (Fsp3) is 1.00. The summed E-state index contributed by atoms with van der Waals surface area (Å²) in [5.74, 6) is 0.869. The molecule has 0 aromatic heterocycles. The van der Waals surface area contributed by atoms with Crippen molar-refractivity contribution in [1.29, 1.82) is 0 Å². The molecule has 1 atom stereocenters. The summed E-state index contributed by atoms with van der Waals surface area (Å²) in [5, 5.41) is 0. The molecule has 0 aromatic carbocycles. The van der Waals surface area contributed by atoms with E-state index < -0.39 is 0 Å². The lowest BCUT2D eigenvalue weighted by molar-refractivity contribution is -0.00739. The molecule has 1 aliphatic rings. The van der Waals surface area contributed by atoms with Crippen LogP contribution in [0, 0.1) is 11.3 Å². The van der Waals surface area contributed by atoms with Crippen molar-refractivity contribution in [1.82, 2.24) is 4.90 Å². The van der Waals surface area contributed by atoms with Crippen molar-refractivity contribution in [2.24, 2.45) is 17.1 Å². The van der Waals surface area contributed by atoms with Gasteiger partial charge in [-0.05, 0) is 17.8 Å². The summed E-state index contributed by atoms with van der Waals surface area (Å²) in [6, 6.07) is 0.642. The van der Waals surface area contributed by atoms with Crippen LogP contribution in [0.5, 0.6) is 0 Å². The highest BCUT2D eigenvalue weighted by Crippen LogP contribution is 2.35. The zero-order valence-electron chi connectivity index (χ0n) is 10.9. The molecule has 1 unspecified atom stereocenters. The van der Waals surface area contributed by atoms with Crippen LogP contribution in [-0.4, -0.2) is 30.6 Å². The molecule has 0 radical (unpaired) electrons. The van der Waals surface area contributed by atoms with E-state index in [1.807, 2.05) is 0 Å². The van der Waals surface area contributed by atoms with E-state index in [2.05, 4.69) is 32.6 Å². The first-order valence-corrected chi connectivity index (χ1v) is 6.43. The molecule has 1 rings (SSSR count). The predicted molar refractivity (Wildman–Crippen MR) is 66.9 cm³/mol. The molecule has 0 spiro atoms. The summed E-state index contributed by atoms with van der Waals surface area (Å²) in [5.41, 5.74) is 6.31. The molecule has 90 valence electrons. The molecular formula is C13H28N2. The molecule has 1 aliphatic heterocycles. The monoisotopic (exact) mass is 212 g/mol. The van der Waals surface area contributed by atoms with Crippen molar-refractivity contribution in [3.63, 3.8) is 0 Å². The van der Waals surface area contributed by atoms with Crippen LogP contribution in [0.4, 0.5) is 0 Å². The smallest absolute Gasteiger partial charge is 0.0218 e. The Kier molecular flexibility index (Phi) is 4.60. The molecule has 1 fully saturated rings. The molecule has 0 saturated carbocycles. The lowest BCUT2D eigenvalue weighted by atomic mass is 9.75. The van der Waals surface area contributed by atoms with E-state index in [1.165, 1.54) is 32.4 Å². The summed E-state index contributed by atoms with van der Waals surface area (Å²) in [6.07, 6.45) is 3.88. The number of unbranched alkanes of at least 4 members (excludes halogenated alkanes) is 1. The molecular weight excluding hydrogens is 184 g/mol. The van der Waals surface area contributed by atoms with Crippen molar-refractivity contribution >= 4 is 0 Å². The zero-order valence-corrected chi connectivity index (χ0v) is 10.9. The van der Waals surface area contributed by atoms with Gasteiger partial charge in [0.1, 0.15) is 0 Å². The van der Waals surface area contributed by atoms with Gasteiger partial charge in [0.2, 0.25) is 0 Å². The van der Waals surface area contributed by atoms with Crippen molar-refractivity contribution in [2.45, 2.75) is 53.0 Å². The summed E-state index contributed by atoms with van der Waals surface area (Å²) in [4.78, 5) is 2.57. The third-order valence-electron chi connectivity index (χ3n) is 3.81. The second-order valence-corrected chi connectivity index (χ2v) is 6.05. The van der Waals surface area contributed by atoms with Crippen LogP contribution in [0.3, 0.4) is 0 Å². The van der Waals surface area contributed by atoms with Crippen LogP contribution < -0.4 is 5.73 Å². The Morgan fingerprint density at radius 2 is 1.93 bits per heavy atom. The zero-order chi connectivity index (χ0) is 11.5. The van der Waals surface area contributed by atoms with Crippen LogP contribution in [0.1, 0.15) is 47.0 Å². The SMILES string of the molecule is CCCCC(CN)N1CC(C(C)(C)C)C1. The average Bonchev–Trinajstić information content (AvgIpc) is 2.06. The number of nitrogens with two attached hydrogens (primary N) is 1. The molecule has 15 heavy (non-hydrogen) atoms. The first-order valence-electron chi connectivity index (χ1n) is 6.43. The number of rotatable bonds is 5. The predicted octanol–water partition coefficient (Wildman–Crippen LogP) is 2.48. The summed E-state index contributed by atoms with van der Waals surface area (Å²) in [6.45, 7) is 12.6. The number of nitrogens with zero attached hydrogens (tertiary/aromatic N) is 1. The van der Waals surface area contributed by atoms with E-state index in [-0.39, 0.29) is 0 Å². The summed E-state index contributed by atoms with van der Waals surface area (Å²) < 4.78 is 0. The average molecular weight is 212 g/mol. The molecule has 1 saturated heterocycles. The lowest BCUT2D eigenvalue weighted by Gasteiger charge is -2.49. The maximum absolute atomic E-state index is 5.84. The van der Waals surface area contributed by atoms with Crippen LogP contribution in [-0.2, 0) is 0 Å². The number of hydrogen-bond donors (Lipinski definition) is 1. The Morgan fingerprint density at radius 1 is 1.33 bits per heavy atom. The minimum Gasteiger partial charge on any atom is -0.329 e. The molecule has 0 aromatic rings. The van der Waals surface area contributed by atoms with E-state index >= 15 is 0 Å². The van der Waals surface area contributed by atoms with E-state index in [1.54, 1.807) is 0 Å². The summed E-state index contributed by atoms with van der Waals surface area (Å²) in [7, 11) is 0. The van der Waals surface area contributed by atoms with Crippen molar-refractivity contribution in [2.75, 3.05) is 19.6 Å². The minimum atomic E-state index is 0.473. The third-order valence-corrected chi connectivity index (χ3v) is 3.81. The first-order chi connectivity index (χ1) is 6.99. The largest absolute Gasteiger partial charge is 0.329 e. The lowest BCUT2D eigenvalue weighted by Crippen LogP contribution is -2.57. The van der Waals surface area contributed by atoms with Crippen LogP contribution in [0.2, 0.25) is 0 Å². The highest BCUT2D eigenvalue weighted by atomic mass is 15.2. The molecule has 2 nitrogen and oxygen atoms in total. The Hall–Kier alpha value is -0.0800. The third kappa shape index (κ3) is 3.46. The van der Waals surface area contributed by atoms with Crippen molar-refractivity contribution in [3.8, 4) is 0 Å². The van der Waals surface area contributed by atoms with Crippen molar-refractivity contribution in [3.05, 3.63) is 0 Å². The minimum absolute atomic E-state index is 0.473. The molecule has 1 heterocycles. The van der Waals surface area contributed by atoms with Gasteiger partial charge in [0.05, 0.1) is 0 Å². The molecule has 0 aliphatic carbocycles. The quantitative estimate of drug-likeness (QED) is 0.758. The molecule has 0 bridgehead atoms. The van der Waals surface area contributed by atoms with Gasteiger partial charge in [-0.3, -0.25) is 4.90 Å². The van der Waals surface area contributed by atoms with E-state index in [4.69, 9.17) is 5.73 Å². The van der Waals surface area contributed by atoms with Gasteiger partial charge in [0.15, 0.2) is 0 Å². The van der Waals surface area contributed by atoms with Crippen LogP contribution in [0.15, 0.2) is 0 Å². The van der Waals surface area contributed by atoms with Crippen molar-refractivity contribution < 1.29 is 0 Å². The Balaban J connectivity index is 2.29. The molecule has 2 heteroatoms. The maximum atomic E-state index is 5.84. The molecule has 2 N–H and O–H groups in total. The second-order valence-electron chi connectivity index (χ2n) is 6.05. The number of hydrogen-bond acceptors (Lipinski definition) is 2. The van der Waals surface area contributed by atoms with Gasteiger partial charge in [-0.2, -0.15) is 0 Å². The normalized spacial score (nSPS) is 21.4. The van der Waals surface area contributed by atoms with E-state index in [9.17, 15) is 0 Å². The topological polar surface area (TPSA) is 29.3 Å². The second kappa shape index (κ2) is 5.31. The molecule has 0 amide bonds. The first kappa shape index (κ1) is 13.0. The fourth-order valence-electron chi connectivity index (χ4n) is 2.25. The van der Waals surface area contributed by atoms with Gasteiger partial charge in [-0.1, -0.05) is 40.5 Å². The van der Waals surface area contributed by atoms with E-state index in [0.29, 0.717) is 11.5 Å². The maximum Gasteiger partial charge on any atom is 0.0218 e. The van der Waals surface area contributed by atoms with Gasteiger partial charge < -0.3 is 5.73 Å².